The number of hydrogen-bond acceptors (Lipinski definition) is 5. The van der Waals surface area contributed by atoms with Crippen LogP contribution in [0.2, 0.25) is 0 Å². The van der Waals surface area contributed by atoms with E-state index in [0.29, 0.717) is 5.82 Å². The number of H-pyrrole nitrogens is 1. The van der Waals surface area contributed by atoms with Crippen LogP contribution < -0.4 is 5.32 Å². The van der Waals surface area contributed by atoms with Crippen LogP contribution in [0.5, 0.6) is 0 Å². The molecule has 92 valence electrons. The van der Waals surface area contributed by atoms with Crippen molar-refractivity contribution in [3.05, 3.63) is 29.0 Å². The van der Waals surface area contributed by atoms with Crippen molar-refractivity contribution in [1.29, 1.82) is 0 Å². The smallest absolute Gasteiger partial charge is 0.191 e. The van der Waals surface area contributed by atoms with Gasteiger partial charge in [-0.1, -0.05) is 5.21 Å². The van der Waals surface area contributed by atoms with Gasteiger partial charge in [0.05, 0.1) is 6.04 Å². The van der Waals surface area contributed by atoms with Gasteiger partial charge in [-0.25, -0.2) is 0 Å². The summed E-state index contributed by atoms with van der Waals surface area (Å²) in [7, 11) is 0. The second-order valence-corrected chi connectivity index (χ2v) is 4.25. The summed E-state index contributed by atoms with van der Waals surface area (Å²) in [5, 5.41) is 17.3. The van der Waals surface area contributed by atoms with Gasteiger partial charge in [-0.2, -0.15) is 5.21 Å². The van der Waals surface area contributed by atoms with Crippen molar-refractivity contribution in [2.24, 2.45) is 0 Å². The highest BCUT2D eigenvalue weighted by atomic mass is 16.3. The van der Waals surface area contributed by atoms with E-state index in [1.165, 1.54) is 0 Å². The molecule has 0 bridgehead atoms. The lowest BCUT2D eigenvalue weighted by Gasteiger charge is -2.16. The van der Waals surface area contributed by atoms with E-state index < -0.39 is 0 Å². The molecule has 0 spiro atoms. The number of nitrogens with zero attached hydrogens (tertiary/aromatic N) is 3. The molecule has 2 unspecified atom stereocenters. The predicted octanol–water partition coefficient (Wildman–Crippen LogP) is 1.82. The van der Waals surface area contributed by atoms with E-state index in [1.807, 2.05) is 20.8 Å². The lowest BCUT2D eigenvalue weighted by Crippen LogP contribution is -2.23. The first kappa shape index (κ1) is 11.8. The number of tetrazole rings is 1. The van der Waals surface area contributed by atoms with Crippen molar-refractivity contribution in [1.82, 2.24) is 25.9 Å². The minimum atomic E-state index is 0.0401. The Morgan fingerprint density at radius 1 is 1.29 bits per heavy atom. The maximum absolute atomic E-state index is 5.52. The lowest BCUT2D eigenvalue weighted by atomic mass is 10.1. The molecule has 2 aromatic rings. The molecule has 2 rings (SSSR count). The number of nitrogens with one attached hydrogen (secondary N) is 2. The van der Waals surface area contributed by atoms with Crippen LogP contribution in [-0.4, -0.2) is 20.6 Å². The number of aromatic amines is 1. The van der Waals surface area contributed by atoms with Gasteiger partial charge in [-0.15, -0.1) is 10.2 Å². The summed E-state index contributed by atoms with van der Waals surface area (Å²) in [6.45, 7) is 8.02. The van der Waals surface area contributed by atoms with Gasteiger partial charge in [-0.3, -0.25) is 0 Å². The summed E-state index contributed by atoms with van der Waals surface area (Å²) >= 11 is 0. The Bertz CT molecular complexity index is 476. The van der Waals surface area contributed by atoms with Crippen molar-refractivity contribution >= 4 is 0 Å². The molecule has 0 amide bonds. The SMILES string of the molecule is Cc1cc(C(C)NC(C)c2nn[nH]n2)c(C)o1. The minimum Gasteiger partial charge on any atom is -0.466 e. The van der Waals surface area contributed by atoms with Crippen molar-refractivity contribution in [2.45, 2.75) is 39.8 Å². The third-order valence-electron chi connectivity index (χ3n) is 2.79. The van der Waals surface area contributed by atoms with Gasteiger partial charge in [-0.05, 0) is 33.8 Å². The number of furan rings is 1. The number of hydrogen-bond donors (Lipinski definition) is 2. The van der Waals surface area contributed by atoms with E-state index in [4.69, 9.17) is 4.42 Å². The zero-order valence-corrected chi connectivity index (χ0v) is 10.5. The fraction of sp³-hybridized carbons (Fsp3) is 0.545. The highest BCUT2D eigenvalue weighted by molar-refractivity contribution is 5.23. The van der Waals surface area contributed by atoms with Crippen LogP contribution in [0.15, 0.2) is 10.5 Å². The van der Waals surface area contributed by atoms with E-state index in [0.717, 1.165) is 17.1 Å². The average Bonchev–Trinajstić information content (AvgIpc) is 2.87. The quantitative estimate of drug-likeness (QED) is 0.845. The van der Waals surface area contributed by atoms with Gasteiger partial charge in [0.1, 0.15) is 11.5 Å². The molecule has 2 N–H and O–H groups in total. The fourth-order valence-electron chi connectivity index (χ4n) is 1.97. The predicted molar refractivity (Wildman–Crippen MR) is 62.3 cm³/mol. The summed E-state index contributed by atoms with van der Waals surface area (Å²) in [5.74, 6) is 2.54. The first-order valence-electron chi connectivity index (χ1n) is 5.64. The molecule has 6 heteroatoms. The van der Waals surface area contributed by atoms with Crippen LogP contribution in [0.25, 0.3) is 0 Å². The summed E-state index contributed by atoms with van der Waals surface area (Å²) in [5.41, 5.74) is 1.16. The van der Waals surface area contributed by atoms with Crippen molar-refractivity contribution < 1.29 is 4.42 Å². The summed E-state index contributed by atoms with van der Waals surface area (Å²) in [6, 6.07) is 2.27. The zero-order chi connectivity index (χ0) is 12.4. The molecular formula is C11H17N5O. The van der Waals surface area contributed by atoms with Crippen LogP contribution in [0.1, 0.15) is 48.8 Å². The third-order valence-corrected chi connectivity index (χ3v) is 2.79. The van der Waals surface area contributed by atoms with E-state index >= 15 is 0 Å². The van der Waals surface area contributed by atoms with Crippen molar-refractivity contribution in [3.63, 3.8) is 0 Å². The molecule has 0 aliphatic carbocycles. The van der Waals surface area contributed by atoms with Crippen LogP contribution in [0.3, 0.4) is 0 Å². The summed E-state index contributed by atoms with van der Waals surface area (Å²) in [6.07, 6.45) is 0. The van der Waals surface area contributed by atoms with Crippen LogP contribution in [0, 0.1) is 13.8 Å². The first-order valence-corrected chi connectivity index (χ1v) is 5.64. The van der Waals surface area contributed by atoms with Gasteiger partial charge >= 0.3 is 0 Å². The van der Waals surface area contributed by atoms with Crippen molar-refractivity contribution in [2.75, 3.05) is 0 Å². The maximum atomic E-state index is 5.52. The van der Waals surface area contributed by atoms with Gasteiger partial charge < -0.3 is 9.73 Å². The molecule has 0 fully saturated rings. The molecule has 2 heterocycles. The standard InChI is InChI=1S/C11H17N5O/c1-6-5-10(9(4)17-6)7(2)12-8(3)11-13-15-16-14-11/h5,7-8,12H,1-4H3,(H,13,14,15,16). The van der Waals surface area contributed by atoms with E-state index in [9.17, 15) is 0 Å². The molecule has 0 aliphatic rings. The van der Waals surface area contributed by atoms with E-state index in [-0.39, 0.29) is 12.1 Å². The Balaban J connectivity index is 2.06. The fourth-order valence-corrected chi connectivity index (χ4v) is 1.97. The van der Waals surface area contributed by atoms with Gasteiger partial charge in [0.25, 0.3) is 0 Å². The van der Waals surface area contributed by atoms with Gasteiger partial charge in [0.15, 0.2) is 5.82 Å². The largest absolute Gasteiger partial charge is 0.466 e. The number of aromatic nitrogens is 4. The number of aryl methyl sites for hydroxylation is 2. The molecule has 17 heavy (non-hydrogen) atoms. The number of rotatable bonds is 4. The van der Waals surface area contributed by atoms with E-state index in [1.54, 1.807) is 0 Å². The molecule has 0 saturated heterocycles. The highest BCUT2D eigenvalue weighted by Crippen LogP contribution is 2.23. The molecule has 0 aliphatic heterocycles. The van der Waals surface area contributed by atoms with Crippen LogP contribution >= 0.6 is 0 Å². The first-order chi connectivity index (χ1) is 8.08. The third kappa shape index (κ3) is 2.52. The molecular weight excluding hydrogens is 218 g/mol. The summed E-state index contributed by atoms with van der Waals surface area (Å²) in [4.78, 5) is 0. The highest BCUT2D eigenvalue weighted by Gasteiger charge is 2.17. The van der Waals surface area contributed by atoms with Crippen LogP contribution in [0.4, 0.5) is 0 Å². The Morgan fingerprint density at radius 2 is 2.06 bits per heavy atom. The molecule has 0 radical (unpaired) electrons. The van der Waals surface area contributed by atoms with Crippen LogP contribution in [-0.2, 0) is 0 Å². The second kappa shape index (κ2) is 4.67. The van der Waals surface area contributed by atoms with Gasteiger partial charge in [0, 0.05) is 11.6 Å². The van der Waals surface area contributed by atoms with Gasteiger partial charge in [0.2, 0.25) is 0 Å². The molecule has 6 nitrogen and oxygen atoms in total. The molecule has 0 aromatic carbocycles. The Morgan fingerprint density at radius 3 is 2.59 bits per heavy atom. The molecule has 2 aromatic heterocycles. The Labute approximate surface area is 99.8 Å². The average molecular weight is 235 g/mol. The molecule has 0 saturated carbocycles. The molecule has 2 atom stereocenters. The maximum Gasteiger partial charge on any atom is 0.191 e. The zero-order valence-electron chi connectivity index (χ0n) is 10.5. The second-order valence-electron chi connectivity index (χ2n) is 4.25. The Kier molecular flexibility index (Phi) is 3.23. The minimum absolute atomic E-state index is 0.0401. The topological polar surface area (TPSA) is 79.6 Å². The summed E-state index contributed by atoms with van der Waals surface area (Å²) < 4.78 is 5.52. The Hall–Kier alpha value is -1.69. The monoisotopic (exact) mass is 235 g/mol. The van der Waals surface area contributed by atoms with E-state index in [2.05, 4.69) is 38.9 Å². The normalized spacial score (nSPS) is 14.8. The van der Waals surface area contributed by atoms with Crippen molar-refractivity contribution in [3.8, 4) is 0 Å². The lowest BCUT2D eigenvalue weighted by molar-refractivity contribution is 0.459.